The fourth-order valence-corrected chi connectivity index (χ4v) is 3.12. The molecular formula is C15H15BrFNO2S. The Morgan fingerprint density at radius 3 is 2.43 bits per heavy atom. The van der Waals surface area contributed by atoms with Gasteiger partial charge in [0.05, 0.1) is 10.6 Å². The second kappa shape index (κ2) is 6.58. The number of rotatable bonds is 5. The summed E-state index contributed by atoms with van der Waals surface area (Å²) in [6.07, 6.45) is 0. The molecule has 21 heavy (non-hydrogen) atoms. The first-order chi connectivity index (χ1) is 9.92. The highest BCUT2D eigenvalue weighted by molar-refractivity contribution is 9.10. The minimum absolute atomic E-state index is 0.0724. The summed E-state index contributed by atoms with van der Waals surface area (Å²) < 4.78 is 37.8. The van der Waals surface area contributed by atoms with Crippen LogP contribution >= 0.6 is 15.9 Å². The number of benzene rings is 2. The summed E-state index contributed by atoms with van der Waals surface area (Å²) in [5.41, 5.74) is 1.28. The van der Waals surface area contributed by atoms with Crippen LogP contribution in [0.5, 0.6) is 0 Å². The zero-order valence-electron chi connectivity index (χ0n) is 11.4. The molecule has 112 valence electrons. The van der Waals surface area contributed by atoms with Crippen molar-refractivity contribution in [2.45, 2.75) is 18.4 Å². The molecule has 0 radical (unpaired) electrons. The molecule has 0 amide bonds. The van der Waals surface area contributed by atoms with Gasteiger partial charge in [-0.15, -0.1) is 0 Å². The van der Waals surface area contributed by atoms with Gasteiger partial charge < -0.3 is 5.32 Å². The highest BCUT2D eigenvalue weighted by Gasteiger charge is 2.10. The maximum atomic E-state index is 13.6. The average molecular weight is 372 g/mol. The number of hydrogen-bond acceptors (Lipinski definition) is 3. The lowest BCUT2D eigenvalue weighted by molar-refractivity contribution is 0.597. The van der Waals surface area contributed by atoms with Gasteiger partial charge in [-0.25, -0.2) is 12.8 Å². The van der Waals surface area contributed by atoms with E-state index in [1.807, 2.05) is 0 Å². The predicted octanol–water partition coefficient (Wildman–Crippen LogP) is 3.99. The lowest BCUT2D eigenvalue weighted by atomic mass is 10.2. The maximum absolute atomic E-state index is 13.6. The first-order valence-corrected chi connectivity index (χ1v) is 8.87. The number of halogens is 2. The second-order valence-electron chi connectivity index (χ2n) is 4.52. The Hall–Kier alpha value is -1.40. The largest absolute Gasteiger partial charge is 0.381 e. The van der Waals surface area contributed by atoms with E-state index in [4.69, 9.17) is 0 Å². The van der Waals surface area contributed by atoms with Gasteiger partial charge in [0.1, 0.15) is 5.82 Å². The molecule has 0 saturated carbocycles. The summed E-state index contributed by atoms with van der Waals surface area (Å²) in [4.78, 5) is 0.296. The van der Waals surface area contributed by atoms with Gasteiger partial charge in [-0.1, -0.05) is 22.9 Å². The molecule has 0 spiro atoms. The molecule has 0 aromatic heterocycles. The Kier molecular flexibility index (Phi) is 5.00. The van der Waals surface area contributed by atoms with E-state index in [1.54, 1.807) is 43.3 Å². The summed E-state index contributed by atoms with van der Waals surface area (Å²) in [5, 5.41) is 3.07. The minimum Gasteiger partial charge on any atom is -0.381 e. The van der Waals surface area contributed by atoms with Gasteiger partial charge in [-0.3, -0.25) is 0 Å². The van der Waals surface area contributed by atoms with Crippen LogP contribution in [0.25, 0.3) is 0 Å². The van der Waals surface area contributed by atoms with Gasteiger partial charge >= 0.3 is 0 Å². The van der Waals surface area contributed by atoms with Crippen molar-refractivity contribution >= 4 is 31.5 Å². The van der Waals surface area contributed by atoms with Gasteiger partial charge in [-0.2, -0.15) is 0 Å². The van der Waals surface area contributed by atoms with Crippen LogP contribution in [0.3, 0.4) is 0 Å². The molecule has 0 fully saturated rings. The molecule has 0 atom stereocenters. The molecule has 0 bridgehead atoms. The molecule has 0 aliphatic carbocycles. The topological polar surface area (TPSA) is 46.2 Å². The van der Waals surface area contributed by atoms with Crippen LogP contribution in [0, 0.1) is 5.82 Å². The zero-order chi connectivity index (χ0) is 15.5. The third kappa shape index (κ3) is 4.04. The maximum Gasteiger partial charge on any atom is 0.178 e. The van der Waals surface area contributed by atoms with Crippen molar-refractivity contribution in [1.82, 2.24) is 0 Å². The lowest BCUT2D eigenvalue weighted by Gasteiger charge is -2.09. The monoisotopic (exact) mass is 371 g/mol. The van der Waals surface area contributed by atoms with Crippen LogP contribution < -0.4 is 5.32 Å². The van der Waals surface area contributed by atoms with Crippen LogP contribution in [0.1, 0.15) is 12.5 Å². The summed E-state index contributed by atoms with van der Waals surface area (Å²) in [6.45, 7) is 1.93. The first kappa shape index (κ1) is 16.0. The van der Waals surface area contributed by atoms with E-state index >= 15 is 0 Å². The van der Waals surface area contributed by atoms with Crippen LogP contribution in [-0.2, 0) is 16.4 Å². The van der Waals surface area contributed by atoms with Crippen LogP contribution in [-0.4, -0.2) is 14.2 Å². The number of sulfone groups is 1. The molecule has 0 unspecified atom stereocenters. The molecule has 2 aromatic carbocycles. The summed E-state index contributed by atoms with van der Waals surface area (Å²) in [5.74, 6) is -0.209. The van der Waals surface area contributed by atoms with Gasteiger partial charge in [0, 0.05) is 22.3 Å². The van der Waals surface area contributed by atoms with Crippen LogP contribution in [0.2, 0.25) is 0 Å². The molecule has 0 saturated heterocycles. The summed E-state index contributed by atoms with van der Waals surface area (Å²) in [7, 11) is -3.19. The molecule has 2 rings (SSSR count). The smallest absolute Gasteiger partial charge is 0.178 e. The molecule has 1 N–H and O–H groups in total. The van der Waals surface area contributed by atoms with Gasteiger partial charge in [0.25, 0.3) is 0 Å². The number of anilines is 1. The highest BCUT2D eigenvalue weighted by atomic mass is 79.9. The molecule has 0 heterocycles. The predicted molar refractivity (Wildman–Crippen MR) is 85.6 cm³/mol. The fourth-order valence-electron chi connectivity index (χ4n) is 1.82. The Morgan fingerprint density at radius 1 is 1.14 bits per heavy atom. The summed E-state index contributed by atoms with van der Waals surface area (Å²) >= 11 is 3.30. The highest BCUT2D eigenvalue weighted by Crippen LogP contribution is 2.19. The van der Waals surface area contributed by atoms with E-state index in [1.165, 1.54) is 6.07 Å². The average Bonchev–Trinajstić information content (AvgIpc) is 2.48. The quantitative estimate of drug-likeness (QED) is 0.863. The van der Waals surface area contributed by atoms with Crippen molar-refractivity contribution in [3.63, 3.8) is 0 Å². The van der Waals surface area contributed by atoms with Gasteiger partial charge in [-0.05, 0) is 42.5 Å². The third-order valence-electron chi connectivity index (χ3n) is 3.08. The standard InChI is InChI=1S/C15H15BrFNO2S/c1-2-21(19,20)14-6-4-13(5-7-14)18-10-11-9-12(16)3-8-15(11)17/h3-9,18H,2,10H2,1H3. The third-order valence-corrected chi connectivity index (χ3v) is 5.33. The van der Waals surface area contributed by atoms with Crippen molar-refractivity contribution < 1.29 is 12.8 Å². The summed E-state index contributed by atoms with van der Waals surface area (Å²) in [6, 6.07) is 11.2. The SMILES string of the molecule is CCS(=O)(=O)c1ccc(NCc2cc(Br)ccc2F)cc1. The Labute approximate surface area is 132 Å². The molecule has 0 aliphatic heterocycles. The molecule has 6 heteroatoms. The van der Waals surface area contributed by atoms with E-state index in [2.05, 4.69) is 21.2 Å². The van der Waals surface area contributed by atoms with E-state index in [9.17, 15) is 12.8 Å². The zero-order valence-corrected chi connectivity index (χ0v) is 13.8. The van der Waals surface area contributed by atoms with Crippen LogP contribution in [0.15, 0.2) is 51.8 Å². The Morgan fingerprint density at radius 2 is 1.81 bits per heavy atom. The van der Waals surface area contributed by atoms with Crippen molar-refractivity contribution in [2.24, 2.45) is 0 Å². The first-order valence-electron chi connectivity index (χ1n) is 6.43. The van der Waals surface area contributed by atoms with Crippen molar-refractivity contribution in [1.29, 1.82) is 0 Å². The Bertz CT molecular complexity index is 730. The van der Waals surface area contributed by atoms with Crippen molar-refractivity contribution in [3.05, 3.63) is 58.3 Å². The van der Waals surface area contributed by atoms with Crippen molar-refractivity contribution in [2.75, 3.05) is 11.1 Å². The molecular weight excluding hydrogens is 357 g/mol. The van der Waals surface area contributed by atoms with E-state index in [0.717, 1.165) is 10.2 Å². The van der Waals surface area contributed by atoms with E-state index in [0.29, 0.717) is 17.0 Å². The normalized spacial score (nSPS) is 11.4. The lowest BCUT2D eigenvalue weighted by Crippen LogP contribution is -2.05. The molecule has 2 aromatic rings. The Balaban J connectivity index is 2.09. The van der Waals surface area contributed by atoms with E-state index < -0.39 is 9.84 Å². The fraction of sp³-hybridized carbons (Fsp3) is 0.200. The van der Waals surface area contributed by atoms with Crippen molar-refractivity contribution in [3.8, 4) is 0 Å². The number of hydrogen-bond donors (Lipinski definition) is 1. The van der Waals surface area contributed by atoms with Gasteiger partial charge in [0.15, 0.2) is 9.84 Å². The molecule has 0 aliphatic rings. The molecule has 3 nitrogen and oxygen atoms in total. The number of nitrogens with one attached hydrogen (secondary N) is 1. The van der Waals surface area contributed by atoms with Gasteiger partial charge in [0.2, 0.25) is 0 Å². The minimum atomic E-state index is -3.19. The van der Waals surface area contributed by atoms with E-state index in [-0.39, 0.29) is 11.6 Å². The second-order valence-corrected chi connectivity index (χ2v) is 7.71. The van der Waals surface area contributed by atoms with Crippen LogP contribution in [0.4, 0.5) is 10.1 Å².